The Morgan fingerprint density at radius 2 is 2.04 bits per heavy atom. The number of para-hydroxylation sites is 1. The fourth-order valence-electron chi connectivity index (χ4n) is 3.98. The van der Waals surface area contributed by atoms with Gasteiger partial charge in [0.1, 0.15) is 5.69 Å². The molecule has 0 N–H and O–H groups in total. The molecule has 1 amide bonds. The van der Waals surface area contributed by atoms with E-state index in [0.717, 1.165) is 50.1 Å². The van der Waals surface area contributed by atoms with Gasteiger partial charge in [0.25, 0.3) is 5.91 Å². The van der Waals surface area contributed by atoms with Crippen LogP contribution in [0.4, 0.5) is 0 Å². The number of methoxy groups -OCH3 is 1. The molecule has 2 aliphatic heterocycles. The number of hydrogen-bond acceptors (Lipinski definition) is 4. The molecule has 0 aliphatic carbocycles. The molecule has 0 bridgehead atoms. The van der Waals surface area contributed by atoms with Gasteiger partial charge in [-0.25, -0.2) is 4.98 Å². The minimum Gasteiger partial charge on any atom is -0.383 e. The molecule has 2 saturated heterocycles. The minimum atomic E-state index is 0.0521. The Labute approximate surface area is 142 Å². The maximum absolute atomic E-state index is 12.9. The summed E-state index contributed by atoms with van der Waals surface area (Å²) in [6.45, 7) is 4.44. The fourth-order valence-corrected chi connectivity index (χ4v) is 3.98. The van der Waals surface area contributed by atoms with Gasteiger partial charge < -0.3 is 9.64 Å². The molecule has 2 aromatic rings. The first kappa shape index (κ1) is 15.5. The first-order valence-corrected chi connectivity index (χ1v) is 8.61. The molecule has 0 saturated carbocycles. The van der Waals surface area contributed by atoms with Crippen molar-refractivity contribution in [2.45, 2.75) is 18.4 Å². The van der Waals surface area contributed by atoms with Crippen molar-refractivity contribution in [2.75, 3.05) is 39.9 Å². The summed E-state index contributed by atoms with van der Waals surface area (Å²) in [6, 6.07) is 11.7. The van der Waals surface area contributed by atoms with Crippen LogP contribution in [0.15, 0.2) is 36.4 Å². The summed E-state index contributed by atoms with van der Waals surface area (Å²) < 4.78 is 5.20. The second-order valence-corrected chi connectivity index (χ2v) is 6.82. The number of carbonyl (C=O) groups excluding carboxylic acids is 1. The lowest BCUT2D eigenvalue weighted by atomic mass is 9.84. The molecule has 3 heterocycles. The number of hydrogen-bond donors (Lipinski definition) is 0. The van der Waals surface area contributed by atoms with E-state index in [-0.39, 0.29) is 11.4 Å². The number of ether oxygens (including phenoxy) is 1. The number of aromatic nitrogens is 1. The Balaban J connectivity index is 1.49. The molecule has 126 valence electrons. The van der Waals surface area contributed by atoms with Gasteiger partial charge >= 0.3 is 0 Å². The molecule has 5 nitrogen and oxygen atoms in total. The second kappa shape index (κ2) is 6.15. The molecule has 1 unspecified atom stereocenters. The highest BCUT2D eigenvalue weighted by Crippen LogP contribution is 2.39. The van der Waals surface area contributed by atoms with Crippen LogP contribution in [0, 0.1) is 0 Å². The third-order valence-electron chi connectivity index (χ3n) is 5.52. The normalized spacial score (nSPS) is 23.8. The minimum absolute atomic E-state index is 0.0521. The van der Waals surface area contributed by atoms with Crippen molar-refractivity contribution in [2.24, 2.45) is 0 Å². The number of amides is 1. The summed E-state index contributed by atoms with van der Waals surface area (Å²) in [5.41, 5.74) is 1.60. The van der Waals surface area contributed by atoms with Crippen molar-refractivity contribution >= 4 is 16.8 Å². The summed E-state index contributed by atoms with van der Waals surface area (Å²) in [7, 11) is 1.74. The quantitative estimate of drug-likeness (QED) is 0.864. The van der Waals surface area contributed by atoms with E-state index < -0.39 is 0 Å². The molecule has 5 heteroatoms. The molecule has 1 atom stereocenters. The Hall–Kier alpha value is -1.98. The maximum atomic E-state index is 12.9. The topological polar surface area (TPSA) is 45.7 Å². The number of fused-ring (bicyclic) bond motifs is 1. The van der Waals surface area contributed by atoms with Gasteiger partial charge in [0.05, 0.1) is 12.1 Å². The SMILES string of the molecule is COCCN1CCC12CCN(C(=O)c1ccc3ccccc3n1)C2. The van der Waals surface area contributed by atoms with Crippen LogP contribution in [0.1, 0.15) is 23.3 Å². The van der Waals surface area contributed by atoms with E-state index in [4.69, 9.17) is 4.74 Å². The third kappa shape index (κ3) is 2.58. The summed E-state index contributed by atoms with van der Waals surface area (Å²) in [5, 5.41) is 1.07. The molecule has 2 fully saturated rings. The van der Waals surface area contributed by atoms with Crippen molar-refractivity contribution in [3.63, 3.8) is 0 Å². The summed E-state index contributed by atoms with van der Waals surface area (Å²) in [5.74, 6) is 0.0521. The van der Waals surface area contributed by atoms with Crippen LogP contribution in [0.25, 0.3) is 10.9 Å². The second-order valence-electron chi connectivity index (χ2n) is 6.82. The van der Waals surface area contributed by atoms with Crippen LogP contribution in [-0.2, 0) is 4.74 Å². The van der Waals surface area contributed by atoms with Gasteiger partial charge in [-0.1, -0.05) is 24.3 Å². The van der Waals surface area contributed by atoms with Gasteiger partial charge in [0.2, 0.25) is 0 Å². The average molecular weight is 325 g/mol. The van der Waals surface area contributed by atoms with E-state index >= 15 is 0 Å². The van der Waals surface area contributed by atoms with Crippen LogP contribution in [-0.4, -0.2) is 66.1 Å². The third-order valence-corrected chi connectivity index (χ3v) is 5.52. The van der Waals surface area contributed by atoms with Crippen LogP contribution < -0.4 is 0 Å². The van der Waals surface area contributed by atoms with E-state index in [1.165, 1.54) is 6.42 Å². The summed E-state index contributed by atoms with van der Waals surface area (Å²) in [4.78, 5) is 21.9. The number of benzene rings is 1. The van der Waals surface area contributed by atoms with Crippen molar-refractivity contribution in [1.29, 1.82) is 0 Å². The van der Waals surface area contributed by atoms with Crippen LogP contribution in [0.2, 0.25) is 0 Å². The molecule has 2 aliphatic rings. The zero-order valence-electron chi connectivity index (χ0n) is 14.1. The predicted octanol–water partition coefficient (Wildman–Crippen LogP) is 2.17. The standard InChI is InChI=1S/C19H23N3O2/c1-24-13-12-22-11-9-19(22)8-10-21(14-19)18(23)17-7-6-15-4-2-3-5-16(15)20-17/h2-7H,8-14H2,1H3. The first-order chi connectivity index (χ1) is 11.7. The highest BCUT2D eigenvalue weighted by molar-refractivity contribution is 5.95. The molecule has 0 radical (unpaired) electrons. The smallest absolute Gasteiger partial charge is 0.272 e. The molecule has 1 aromatic carbocycles. The summed E-state index contributed by atoms with van der Waals surface area (Å²) >= 11 is 0. The maximum Gasteiger partial charge on any atom is 0.272 e. The van der Waals surface area contributed by atoms with Crippen LogP contribution >= 0.6 is 0 Å². The Kier molecular flexibility index (Phi) is 3.98. The molecular formula is C19H23N3O2. The monoisotopic (exact) mass is 325 g/mol. The van der Waals surface area contributed by atoms with Crippen molar-refractivity contribution < 1.29 is 9.53 Å². The number of carbonyl (C=O) groups is 1. The van der Waals surface area contributed by atoms with Crippen LogP contribution in [0.5, 0.6) is 0 Å². The lowest BCUT2D eigenvalue weighted by molar-refractivity contribution is -0.0213. The highest BCUT2D eigenvalue weighted by atomic mass is 16.5. The largest absolute Gasteiger partial charge is 0.383 e. The lowest BCUT2D eigenvalue weighted by Crippen LogP contribution is -2.62. The van der Waals surface area contributed by atoms with E-state index in [1.807, 2.05) is 41.3 Å². The van der Waals surface area contributed by atoms with Gasteiger partial charge in [-0.15, -0.1) is 0 Å². The molecule has 1 aromatic heterocycles. The Morgan fingerprint density at radius 1 is 1.21 bits per heavy atom. The molecule has 24 heavy (non-hydrogen) atoms. The molecule has 1 spiro atoms. The Morgan fingerprint density at radius 3 is 2.83 bits per heavy atom. The zero-order valence-corrected chi connectivity index (χ0v) is 14.1. The number of pyridine rings is 1. The van der Waals surface area contributed by atoms with Crippen molar-refractivity contribution in [3.8, 4) is 0 Å². The average Bonchev–Trinajstić information content (AvgIpc) is 3.08. The van der Waals surface area contributed by atoms with Crippen molar-refractivity contribution in [1.82, 2.24) is 14.8 Å². The lowest BCUT2D eigenvalue weighted by Gasteiger charge is -2.50. The number of rotatable bonds is 4. The first-order valence-electron chi connectivity index (χ1n) is 8.61. The van der Waals surface area contributed by atoms with E-state index in [1.54, 1.807) is 7.11 Å². The summed E-state index contributed by atoms with van der Waals surface area (Å²) in [6.07, 6.45) is 2.22. The van der Waals surface area contributed by atoms with Gasteiger partial charge in [-0.2, -0.15) is 0 Å². The number of likely N-dealkylation sites (tertiary alicyclic amines) is 2. The van der Waals surface area contributed by atoms with Gasteiger partial charge in [0.15, 0.2) is 0 Å². The van der Waals surface area contributed by atoms with E-state index in [2.05, 4.69) is 9.88 Å². The van der Waals surface area contributed by atoms with Crippen LogP contribution in [0.3, 0.4) is 0 Å². The predicted molar refractivity (Wildman–Crippen MR) is 93.1 cm³/mol. The number of nitrogens with zero attached hydrogens (tertiary/aromatic N) is 3. The van der Waals surface area contributed by atoms with Gasteiger partial charge in [0, 0.05) is 44.2 Å². The molecule has 4 rings (SSSR count). The van der Waals surface area contributed by atoms with Gasteiger partial charge in [-0.05, 0) is 25.0 Å². The fraction of sp³-hybridized carbons (Fsp3) is 0.474. The molecular weight excluding hydrogens is 302 g/mol. The highest BCUT2D eigenvalue weighted by Gasteiger charge is 2.49. The van der Waals surface area contributed by atoms with E-state index in [0.29, 0.717) is 5.69 Å². The van der Waals surface area contributed by atoms with Gasteiger partial charge in [-0.3, -0.25) is 9.69 Å². The Bertz CT molecular complexity index is 763. The zero-order chi connectivity index (χ0) is 16.6. The van der Waals surface area contributed by atoms with Crippen molar-refractivity contribution in [3.05, 3.63) is 42.1 Å². The van der Waals surface area contributed by atoms with E-state index in [9.17, 15) is 4.79 Å².